The normalized spacial score (nSPS) is 11.4. The van der Waals surface area contributed by atoms with Crippen molar-refractivity contribution in [1.29, 1.82) is 0 Å². The van der Waals surface area contributed by atoms with Gasteiger partial charge in [0, 0.05) is 5.56 Å². The Balaban J connectivity index is 2.27. The molecule has 0 fully saturated rings. The molecule has 1 aromatic heterocycles. The minimum absolute atomic E-state index is 0.222. The van der Waals surface area contributed by atoms with Gasteiger partial charge >= 0.3 is 6.18 Å². The van der Waals surface area contributed by atoms with Crippen LogP contribution in [0.25, 0.3) is 0 Å². The fourth-order valence-corrected chi connectivity index (χ4v) is 2.47. The van der Waals surface area contributed by atoms with Crippen LogP contribution in [0.2, 0.25) is 0 Å². The van der Waals surface area contributed by atoms with Crippen LogP contribution in [-0.2, 0) is 6.18 Å². The molecule has 1 heterocycles. The molecule has 1 amide bonds. The Morgan fingerprint density at radius 2 is 2.05 bits per heavy atom. The SMILES string of the molecule is O=C(Nc1ncc(Br)s1)c1ccc(F)c(C(F)(F)F)c1. The molecular formula is C11H5BrF4N2OS. The molecule has 0 aliphatic carbocycles. The van der Waals surface area contributed by atoms with Gasteiger partial charge in [-0.3, -0.25) is 10.1 Å². The zero-order valence-corrected chi connectivity index (χ0v) is 11.9. The van der Waals surface area contributed by atoms with Crippen molar-refractivity contribution in [1.82, 2.24) is 4.98 Å². The number of carbonyl (C=O) groups excluding carboxylic acids is 1. The fourth-order valence-electron chi connectivity index (χ4n) is 1.37. The minimum atomic E-state index is -4.86. The summed E-state index contributed by atoms with van der Waals surface area (Å²) in [5.74, 6) is -2.22. The van der Waals surface area contributed by atoms with Gasteiger partial charge in [-0.2, -0.15) is 13.2 Å². The van der Waals surface area contributed by atoms with E-state index in [-0.39, 0.29) is 10.7 Å². The first-order chi connectivity index (χ1) is 9.27. The standard InChI is InChI=1S/C11H5BrF4N2OS/c12-8-4-17-10(20-8)18-9(19)5-1-2-7(13)6(3-5)11(14,15)16/h1-4H,(H,17,18,19). The van der Waals surface area contributed by atoms with E-state index in [1.807, 2.05) is 0 Å². The number of nitrogens with zero attached hydrogens (tertiary/aromatic N) is 1. The molecule has 20 heavy (non-hydrogen) atoms. The smallest absolute Gasteiger partial charge is 0.298 e. The number of alkyl halides is 3. The monoisotopic (exact) mass is 368 g/mol. The molecule has 0 spiro atoms. The lowest BCUT2D eigenvalue weighted by Gasteiger charge is -2.09. The largest absolute Gasteiger partial charge is 0.419 e. The van der Waals surface area contributed by atoms with Gasteiger partial charge in [-0.25, -0.2) is 9.37 Å². The molecule has 0 radical (unpaired) electrons. The summed E-state index contributed by atoms with van der Waals surface area (Å²) in [6, 6.07) is 2.05. The number of hydrogen-bond donors (Lipinski definition) is 1. The Morgan fingerprint density at radius 1 is 1.35 bits per heavy atom. The zero-order valence-electron chi connectivity index (χ0n) is 9.46. The maximum Gasteiger partial charge on any atom is 0.419 e. The third kappa shape index (κ3) is 3.34. The first-order valence-electron chi connectivity index (χ1n) is 5.07. The molecule has 1 aromatic carbocycles. The summed E-state index contributed by atoms with van der Waals surface area (Å²) in [7, 11) is 0. The summed E-state index contributed by atoms with van der Waals surface area (Å²) in [6.07, 6.45) is -3.42. The Bertz CT molecular complexity index is 656. The van der Waals surface area contributed by atoms with Crippen LogP contribution in [0.15, 0.2) is 28.2 Å². The van der Waals surface area contributed by atoms with Gasteiger partial charge in [-0.15, -0.1) is 0 Å². The van der Waals surface area contributed by atoms with Crippen molar-refractivity contribution < 1.29 is 22.4 Å². The number of anilines is 1. The molecule has 0 saturated carbocycles. The van der Waals surface area contributed by atoms with Crippen LogP contribution in [0.4, 0.5) is 22.7 Å². The molecule has 3 nitrogen and oxygen atoms in total. The highest BCUT2D eigenvalue weighted by molar-refractivity contribution is 9.11. The molecule has 2 aromatic rings. The number of nitrogens with one attached hydrogen (secondary N) is 1. The second kappa shape index (κ2) is 5.49. The zero-order chi connectivity index (χ0) is 14.9. The first-order valence-corrected chi connectivity index (χ1v) is 6.68. The molecule has 0 atom stereocenters. The van der Waals surface area contributed by atoms with E-state index in [9.17, 15) is 22.4 Å². The van der Waals surface area contributed by atoms with E-state index >= 15 is 0 Å². The number of aromatic nitrogens is 1. The fraction of sp³-hybridized carbons (Fsp3) is 0.0909. The van der Waals surface area contributed by atoms with Gasteiger partial charge < -0.3 is 0 Å². The highest BCUT2D eigenvalue weighted by Crippen LogP contribution is 2.32. The second-order valence-corrected chi connectivity index (χ2v) is 6.03. The minimum Gasteiger partial charge on any atom is -0.298 e. The van der Waals surface area contributed by atoms with Crippen LogP contribution >= 0.6 is 27.3 Å². The predicted molar refractivity (Wildman–Crippen MR) is 69.2 cm³/mol. The lowest BCUT2D eigenvalue weighted by Crippen LogP contribution is -2.15. The molecule has 0 unspecified atom stereocenters. The van der Waals surface area contributed by atoms with Crippen LogP contribution in [0.5, 0.6) is 0 Å². The van der Waals surface area contributed by atoms with Crippen molar-refractivity contribution in [2.24, 2.45) is 0 Å². The first kappa shape index (κ1) is 14.9. The maximum absolute atomic E-state index is 13.1. The van der Waals surface area contributed by atoms with Gasteiger partial charge in [0.25, 0.3) is 5.91 Å². The highest BCUT2D eigenvalue weighted by atomic mass is 79.9. The van der Waals surface area contributed by atoms with Crippen LogP contribution in [0.3, 0.4) is 0 Å². The summed E-state index contributed by atoms with van der Waals surface area (Å²) in [5.41, 5.74) is -1.78. The third-order valence-electron chi connectivity index (χ3n) is 2.23. The van der Waals surface area contributed by atoms with Gasteiger partial charge in [-0.1, -0.05) is 11.3 Å². The van der Waals surface area contributed by atoms with Crippen molar-refractivity contribution in [2.45, 2.75) is 6.18 Å². The third-order valence-corrected chi connectivity index (χ3v) is 3.62. The van der Waals surface area contributed by atoms with Crippen LogP contribution in [0.1, 0.15) is 15.9 Å². The number of thiazole rings is 1. The number of rotatable bonds is 2. The van der Waals surface area contributed by atoms with Crippen molar-refractivity contribution >= 4 is 38.3 Å². The highest BCUT2D eigenvalue weighted by Gasteiger charge is 2.34. The maximum atomic E-state index is 13.1. The molecule has 0 aliphatic rings. The van der Waals surface area contributed by atoms with E-state index < -0.39 is 23.5 Å². The molecular weight excluding hydrogens is 364 g/mol. The predicted octanol–water partition coefficient (Wildman–Crippen LogP) is 4.32. The molecule has 0 saturated heterocycles. The molecule has 9 heteroatoms. The van der Waals surface area contributed by atoms with Gasteiger partial charge in [0.15, 0.2) is 5.13 Å². The molecule has 106 valence electrons. The lowest BCUT2D eigenvalue weighted by molar-refractivity contribution is -0.140. The van der Waals surface area contributed by atoms with Gasteiger partial charge in [0.2, 0.25) is 0 Å². The Morgan fingerprint density at radius 3 is 2.60 bits per heavy atom. The van der Waals surface area contributed by atoms with Gasteiger partial charge in [0.1, 0.15) is 5.82 Å². The Kier molecular flexibility index (Phi) is 4.09. The summed E-state index contributed by atoms with van der Waals surface area (Å²) in [4.78, 5) is 15.6. The van der Waals surface area contributed by atoms with E-state index in [0.29, 0.717) is 15.9 Å². The molecule has 2 rings (SSSR count). The van der Waals surface area contributed by atoms with Crippen molar-refractivity contribution in [3.8, 4) is 0 Å². The lowest BCUT2D eigenvalue weighted by atomic mass is 10.1. The molecule has 0 bridgehead atoms. The van der Waals surface area contributed by atoms with Crippen LogP contribution in [0, 0.1) is 5.82 Å². The average molecular weight is 369 g/mol. The topological polar surface area (TPSA) is 42.0 Å². The van der Waals surface area contributed by atoms with Crippen molar-refractivity contribution in [3.63, 3.8) is 0 Å². The number of benzene rings is 1. The Labute approximate surface area is 122 Å². The van der Waals surface area contributed by atoms with E-state index in [1.165, 1.54) is 6.20 Å². The Hall–Kier alpha value is -1.48. The summed E-state index contributed by atoms with van der Waals surface area (Å²) < 4.78 is 51.3. The average Bonchev–Trinajstić information content (AvgIpc) is 2.73. The summed E-state index contributed by atoms with van der Waals surface area (Å²) in [5, 5.41) is 2.55. The second-order valence-electron chi connectivity index (χ2n) is 3.62. The molecule has 1 N–H and O–H groups in total. The van der Waals surface area contributed by atoms with E-state index in [4.69, 9.17) is 0 Å². The van der Waals surface area contributed by atoms with Crippen LogP contribution < -0.4 is 5.32 Å². The van der Waals surface area contributed by atoms with E-state index in [1.54, 1.807) is 0 Å². The van der Waals surface area contributed by atoms with Crippen molar-refractivity contribution in [2.75, 3.05) is 5.32 Å². The van der Waals surface area contributed by atoms with Crippen LogP contribution in [-0.4, -0.2) is 10.9 Å². The molecule has 0 aliphatic heterocycles. The van der Waals surface area contributed by atoms with E-state index in [0.717, 1.165) is 17.4 Å². The van der Waals surface area contributed by atoms with Crippen molar-refractivity contribution in [3.05, 3.63) is 45.1 Å². The number of carbonyl (C=O) groups is 1. The number of hydrogen-bond acceptors (Lipinski definition) is 3. The quantitative estimate of drug-likeness (QED) is 0.802. The summed E-state index contributed by atoms with van der Waals surface area (Å²) >= 11 is 4.23. The van der Waals surface area contributed by atoms with Gasteiger partial charge in [-0.05, 0) is 34.1 Å². The summed E-state index contributed by atoms with van der Waals surface area (Å²) in [6.45, 7) is 0. The number of amides is 1. The van der Waals surface area contributed by atoms with E-state index in [2.05, 4.69) is 26.2 Å². The van der Waals surface area contributed by atoms with Gasteiger partial charge in [0.05, 0.1) is 15.5 Å². The number of halogens is 5.